The lowest BCUT2D eigenvalue weighted by Gasteiger charge is -2.20. The van der Waals surface area contributed by atoms with Gasteiger partial charge < -0.3 is 15.0 Å². The maximum atomic E-state index is 11.9. The fourth-order valence-electron chi connectivity index (χ4n) is 1.98. The van der Waals surface area contributed by atoms with Crippen LogP contribution in [0.1, 0.15) is 19.8 Å². The van der Waals surface area contributed by atoms with E-state index in [0.717, 1.165) is 18.6 Å². The second kappa shape index (κ2) is 6.41. The average molecular weight is 276 g/mol. The van der Waals surface area contributed by atoms with E-state index >= 15 is 0 Å². The molecule has 0 atom stereocenters. The SMILES string of the molecule is CCN(CC(=O)Nc1ccc(OC)cc1)C(=O)C1CC1. The van der Waals surface area contributed by atoms with Gasteiger partial charge in [0, 0.05) is 18.2 Å². The Kier molecular flexibility index (Phi) is 4.61. The standard InChI is InChI=1S/C15H20N2O3/c1-3-17(15(19)11-4-5-11)10-14(18)16-12-6-8-13(20-2)9-7-12/h6-9,11H,3-5,10H2,1-2H3,(H,16,18). The summed E-state index contributed by atoms with van der Waals surface area (Å²) < 4.78 is 5.06. The van der Waals surface area contributed by atoms with E-state index in [9.17, 15) is 9.59 Å². The predicted molar refractivity (Wildman–Crippen MR) is 76.6 cm³/mol. The molecule has 108 valence electrons. The van der Waals surface area contributed by atoms with Crippen LogP contribution in [0.15, 0.2) is 24.3 Å². The summed E-state index contributed by atoms with van der Waals surface area (Å²) in [5.74, 6) is 0.800. The molecule has 5 heteroatoms. The van der Waals surface area contributed by atoms with E-state index < -0.39 is 0 Å². The van der Waals surface area contributed by atoms with Gasteiger partial charge in [0.05, 0.1) is 13.7 Å². The van der Waals surface area contributed by atoms with Crippen LogP contribution in [-0.4, -0.2) is 36.9 Å². The topological polar surface area (TPSA) is 58.6 Å². The molecule has 1 aromatic rings. The van der Waals surface area contributed by atoms with Crippen molar-refractivity contribution in [1.29, 1.82) is 0 Å². The van der Waals surface area contributed by atoms with E-state index in [4.69, 9.17) is 4.74 Å². The van der Waals surface area contributed by atoms with Gasteiger partial charge in [0.2, 0.25) is 11.8 Å². The monoisotopic (exact) mass is 276 g/mol. The first-order chi connectivity index (χ1) is 9.63. The molecule has 0 unspecified atom stereocenters. The predicted octanol–water partition coefficient (Wildman–Crippen LogP) is 1.89. The quantitative estimate of drug-likeness (QED) is 0.863. The highest BCUT2D eigenvalue weighted by Gasteiger charge is 2.33. The number of rotatable bonds is 6. The van der Waals surface area contributed by atoms with Crippen LogP contribution in [0.25, 0.3) is 0 Å². The lowest BCUT2D eigenvalue weighted by Crippen LogP contribution is -2.38. The molecule has 0 bridgehead atoms. The van der Waals surface area contributed by atoms with Gasteiger partial charge in [-0.3, -0.25) is 9.59 Å². The van der Waals surface area contributed by atoms with Crippen LogP contribution in [0.3, 0.4) is 0 Å². The number of carbonyl (C=O) groups excluding carboxylic acids is 2. The molecule has 0 radical (unpaired) electrons. The summed E-state index contributed by atoms with van der Waals surface area (Å²) in [6.07, 6.45) is 1.91. The van der Waals surface area contributed by atoms with Crippen molar-refractivity contribution in [2.75, 3.05) is 25.5 Å². The third-order valence-corrected chi connectivity index (χ3v) is 3.33. The molecule has 0 aromatic heterocycles. The molecule has 5 nitrogen and oxygen atoms in total. The summed E-state index contributed by atoms with van der Waals surface area (Å²) >= 11 is 0. The van der Waals surface area contributed by atoms with Crippen LogP contribution in [-0.2, 0) is 9.59 Å². The number of hydrogen-bond acceptors (Lipinski definition) is 3. The molecule has 1 aliphatic rings. The van der Waals surface area contributed by atoms with Crippen molar-refractivity contribution < 1.29 is 14.3 Å². The molecule has 20 heavy (non-hydrogen) atoms. The summed E-state index contributed by atoms with van der Waals surface area (Å²) in [4.78, 5) is 25.5. The fraction of sp³-hybridized carbons (Fsp3) is 0.467. The van der Waals surface area contributed by atoms with Crippen LogP contribution >= 0.6 is 0 Å². The number of carbonyl (C=O) groups is 2. The molecule has 1 saturated carbocycles. The Balaban J connectivity index is 1.88. The summed E-state index contributed by atoms with van der Waals surface area (Å²) in [5, 5.41) is 2.78. The number of amides is 2. The maximum Gasteiger partial charge on any atom is 0.243 e. The van der Waals surface area contributed by atoms with E-state index in [1.807, 2.05) is 6.92 Å². The van der Waals surface area contributed by atoms with Crippen LogP contribution < -0.4 is 10.1 Å². The number of hydrogen-bond donors (Lipinski definition) is 1. The first kappa shape index (κ1) is 14.4. The highest BCUT2D eigenvalue weighted by molar-refractivity contribution is 5.95. The van der Waals surface area contributed by atoms with E-state index in [1.54, 1.807) is 36.3 Å². The second-order valence-corrected chi connectivity index (χ2v) is 4.90. The van der Waals surface area contributed by atoms with Crippen molar-refractivity contribution in [2.45, 2.75) is 19.8 Å². The smallest absolute Gasteiger partial charge is 0.243 e. The van der Waals surface area contributed by atoms with Gasteiger partial charge in [0.15, 0.2) is 0 Å². The van der Waals surface area contributed by atoms with Gasteiger partial charge >= 0.3 is 0 Å². The lowest BCUT2D eigenvalue weighted by molar-refractivity contribution is -0.135. The minimum atomic E-state index is -0.175. The Hall–Kier alpha value is -2.04. The Labute approximate surface area is 118 Å². The first-order valence-corrected chi connectivity index (χ1v) is 6.86. The van der Waals surface area contributed by atoms with Crippen molar-refractivity contribution in [3.05, 3.63) is 24.3 Å². The van der Waals surface area contributed by atoms with Gasteiger partial charge in [0.1, 0.15) is 5.75 Å². The van der Waals surface area contributed by atoms with Crippen molar-refractivity contribution in [3.63, 3.8) is 0 Å². The fourth-order valence-corrected chi connectivity index (χ4v) is 1.98. The Morgan fingerprint density at radius 1 is 1.30 bits per heavy atom. The number of nitrogens with one attached hydrogen (secondary N) is 1. The normalized spacial score (nSPS) is 13.7. The Morgan fingerprint density at radius 3 is 2.45 bits per heavy atom. The Bertz CT molecular complexity index is 480. The van der Waals surface area contributed by atoms with Gasteiger partial charge in [-0.15, -0.1) is 0 Å². The molecule has 2 amide bonds. The van der Waals surface area contributed by atoms with Crippen LogP contribution in [0.2, 0.25) is 0 Å². The summed E-state index contributed by atoms with van der Waals surface area (Å²) in [6.45, 7) is 2.56. The first-order valence-electron chi connectivity index (χ1n) is 6.86. The van der Waals surface area contributed by atoms with Crippen LogP contribution in [0.5, 0.6) is 5.75 Å². The van der Waals surface area contributed by atoms with E-state index in [-0.39, 0.29) is 24.3 Å². The van der Waals surface area contributed by atoms with E-state index in [2.05, 4.69) is 5.32 Å². The summed E-state index contributed by atoms with van der Waals surface area (Å²) in [5.41, 5.74) is 0.700. The molecule has 0 heterocycles. The minimum absolute atomic E-state index is 0.0948. The molecule has 1 aliphatic carbocycles. The van der Waals surface area contributed by atoms with Crippen molar-refractivity contribution >= 4 is 17.5 Å². The zero-order valence-electron chi connectivity index (χ0n) is 11.9. The molecule has 1 fully saturated rings. The summed E-state index contributed by atoms with van der Waals surface area (Å²) in [7, 11) is 1.59. The van der Waals surface area contributed by atoms with Gasteiger partial charge in [-0.05, 0) is 44.0 Å². The van der Waals surface area contributed by atoms with Gasteiger partial charge in [-0.2, -0.15) is 0 Å². The highest BCUT2D eigenvalue weighted by Crippen LogP contribution is 2.30. The molecule has 0 aliphatic heterocycles. The number of nitrogens with zero attached hydrogens (tertiary/aromatic N) is 1. The minimum Gasteiger partial charge on any atom is -0.497 e. The third kappa shape index (κ3) is 3.73. The molecule has 1 N–H and O–H groups in total. The number of methoxy groups -OCH3 is 1. The number of benzene rings is 1. The maximum absolute atomic E-state index is 11.9. The van der Waals surface area contributed by atoms with E-state index in [0.29, 0.717) is 12.2 Å². The van der Waals surface area contributed by atoms with E-state index in [1.165, 1.54) is 0 Å². The zero-order valence-corrected chi connectivity index (χ0v) is 11.9. The number of ether oxygens (including phenoxy) is 1. The average Bonchev–Trinajstić information content (AvgIpc) is 3.29. The van der Waals surface area contributed by atoms with Gasteiger partial charge in [-0.25, -0.2) is 0 Å². The molecular weight excluding hydrogens is 256 g/mol. The number of anilines is 1. The van der Waals surface area contributed by atoms with Crippen molar-refractivity contribution in [3.8, 4) is 5.75 Å². The number of likely N-dealkylation sites (N-methyl/N-ethyl adjacent to an activating group) is 1. The zero-order chi connectivity index (χ0) is 14.5. The van der Waals surface area contributed by atoms with Crippen LogP contribution in [0.4, 0.5) is 5.69 Å². The van der Waals surface area contributed by atoms with Crippen molar-refractivity contribution in [2.24, 2.45) is 5.92 Å². The van der Waals surface area contributed by atoms with Crippen LogP contribution in [0, 0.1) is 5.92 Å². The highest BCUT2D eigenvalue weighted by atomic mass is 16.5. The molecular formula is C15H20N2O3. The molecule has 0 spiro atoms. The van der Waals surface area contributed by atoms with Gasteiger partial charge in [0.25, 0.3) is 0 Å². The summed E-state index contributed by atoms with van der Waals surface area (Å²) in [6, 6.07) is 7.11. The molecule has 1 aromatic carbocycles. The Morgan fingerprint density at radius 2 is 1.95 bits per heavy atom. The molecule has 0 saturated heterocycles. The lowest BCUT2D eigenvalue weighted by atomic mass is 10.3. The van der Waals surface area contributed by atoms with Crippen molar-refractivity contribution in [1.82, 2.24) is 4.90 Å². The third-order valence-electron chi connectivity index (χ3n) is 3.33. The van der Waals surface area contributed by atoms with Gasteiger partial charge in [-0.1, -0.05) is 0 Å². The largest absolute Gasteiger partial charge is 0.497 e. The second-order valence-electron chi connectivity index (χ2n) is 4.90. The molecule has 2 rings (SSSR count).